The van der Waals surface area contributed by atoms with E-state index in [0.29, 0.717) is 12.1 Å². The molecular formula is C16H9F4NO2. The predicted molar refractivity (Wildman–Crippen MR) is 73.1 cm³/mol. The zero-order valence-electron chi connectivity index (χ0n) is 11.5. The van der Waals surface area contributed by atoms with Crippen LogP contribution in [0.5, 0.6) is 0 Å². The topological polar surface area (TPSA) is 46.3 Å². The van der Waals surface area contributed by atoms with Crippen molar-refractivity contribution in [3.05, 3.63) is 65.2 Å². The first-order valence-electron chi connectivity index (χ1n) is 6.51. The van der Waals surface area contributed by atoms with Gasteiger partial charge in [-0.15, -0.1) is 0 Å². The highest BCUT2D eigenvalue weighted by Crippen LogP contribution is 2.34. The molecule has 0 bridgehead atoms. The fourth-order valence-corrected chi connectivity index (χ4v) is 2.26. The number of nitrogens with zero attached hydrogens (tertiary/aromatic N) is 1. The molecule has 1 heterocycles. The molecule has 1 aromatic heterocycles. The van der Waals surface area contributed by atoms with E-state index >= 15 is 0 Å². The Bertz CT molecular complexity index is 856. The van der Waals surface area contributed by atoms with Crippen LogP contribution in [0.2, 0.25) is 0 Å². The minimum absolute atomic E-state index is 0.00724. The van der Waals surface area contributed by atoms with E-state index in [-0.39, 0.29) is 28.1 Å². The first-order valence-corrected chi connectivity index (χ1v) is 6.51. The molecule has 23 heavy (non-hydrogen) atoms. The van der Waals surface area contributed by atoms with Crippen molar-refractivity contribution < 1.29 is 27.2 Å². The van der Waals surface area contributed by atoms with E-state index in [2.05, 4.69) is 5.16 Å². The average molecular weight is 323 g/mol. The van der Waals surface area contributed by atoms with Gasteiger partial charge in [-0.25, -0.2) is 17.6 Å². The van der Waals surface area contributed by atoms with Crippen LogP contribution in [-0.4, -0.2) is 10.3 Å². The van der Waals surface area contributed by atoms with E-state index in [9.17, 15) is 22.7 Å². The predicted octanol–water partition coefficient (Wildman–Crippen LogP) is 4.06. The summed E-state index contributed by atoms with van der Waals surface area (Å²) < 4.78 is 58.5. The molecule has 3 nitrogen and oxygen atoms in total. The first kappa shape index (κ1) is 15.2. The second-order valence-electron chi connectivity index (χ2n) is 4.78. The zero-order valence-corrected chi connectivity index (χ0v) is 11.5. The molecule has 7 heteroatoms. The minimum Gasteiger partial charge on any atom is -0.391 e. The van der Waals surface area contributed by atoms with E-state index in [1.54, 1.807) is 0 Å². The second kappa shape index (κ2) is 5.85. The monoisotopic (exact) mass is 323 g/mol. The van der Waals surface area contributed by atoms with Crippen LogP contribution in [0.4, 0.5) is 17.6 Å². The highest BCUT2D eigenvalue weighted by molar-refractivity contribution is 5.72. The molecule has 0 fully saturated rings. The number of aliphatic hydroxyl groups excluding tert-OH is 1. The van der Waals surface area contributed by atoms with Crippen LogP contribution in [0.3, 0.4) is 0 Å². The van der Waals surface area contributed by atoms with Crippen LogP contribution in [0.15, 0.2) is 40.9 Å². The highest BCUT2D eigenvalue weighted by atomic mass is 19.1. The molecule has 0 saturated carbocycles. The van der Waals surface area contributed by atoms with Gasteiger partial charge in [-0.05, 0) is 24.3 Å². The smallest absolute Gasteiger partial charge is 0.173 e. The molecule has 3 aromatic rings. The second-order valence-corrected chi connectivity index (χ2v) is 4.78. The molecule has 118 valence electrons. The molecule has 0 amide bonds. The quantitative estimate of drug-likeness (QED) is 0.740. The Morgan fingerprint density at radius 3 is 2.22 bits per heavy atom. The summed E-state index contributed by atoms with van der Waals surface area (Å²) in [5.41, 5.74) is -0.111. The van der Waals surface area contributed by atoms with Crippen LogP contribution in [0.25, 0.3) is 22.6 Å². The van der Waals surface area contributed by atoms with E-state index in [1.165, 1.54) is 0 Å². The van der Waals surface area contributed by atoms with Crippen molar-refractivity contribution in [2.45, 2.75) is 6.61 Å². The van der Waals surface area contributed by atoms with Gasteiger partial charge in [0, 0.05) is 23.3 Å². The maximum atomic E-state index is 13.9. The molecule has 0 unspecified atom stereocenters. The summed E-state index contributed by atoms with van der Waals surface area (Å²) in [7, 11) is 0. The number of benzene rings is 2. The molecule has 0 aliphatic rings. The van der Waals surface area contributed by atoms with Gasteiger partial charge in [0.15, 0.2) is 5.76 Å². The number of hydrogen-bond donors (Lipinski definition) is 1. The number of aliphatic hydroxyl groups is 1. The fraction of sp³-hybridized carbons (Fsp3) is 0.0625. The van der Waals surface area contributed by atoms with Gasteiger partial charge in [-0.2, -0.15) is 0 Å². The van der Waals surface area contributed by atoms with Gasteiger partial charge < -0.3 is 9.63 Å². The van der Waals surface area contributed by atoms with E-state index in [0.717, 1.165) is 24.3 Å². The van der Waals surface area contributed by atoms with Gasteiger partial charge >= 0.3 is 0 Å². The van der Waals surface area contributed by atoms with Gasteiger partial charge in [0.1, 0.15) is 29.0 Å². The maximum absolute atomic E-state index is 13.9. The summed E-state index contributed by atoms with van der Waals surface area (Å²) >= 11 is 0. The van der Waals surface area contributed by atoms with Crippen molar-refractivity contribution >= 4 is 0 Å². The standard InChI is InChI=1S/C16H9F4NO2/c17-9-1-2-12(14(20)6-9)15-13(7-22)16(23-21-15)8-3-10(18)5-11(19)4-8/h1-6,22H,7H2. The third-order valence-corrected chi connectivity index (χ3v) is 3.26. The van der Waals surface area contributed by atoms with Crippen molar-refractivity contribution in [1.82, 2.24) is 5.16 Å². The van der Waals surface area contributed by atoms with Crippen LogP contribution in [-0.2, 0) is 6.61 Å². The van der Waals surface area contributed by atoms with Gasteiger partial charge in [0.25, 0.3) is 0 Å². The number of rotatable bonds is 3. The Balaban J connectivity index is 2.17. The lowest BCUT2D eigenvalue weighted by Crippen LogP contribution is -1.93. The maximum Gasteiger partial charge on any atom is 0.173 e. The summed E-state index contributed by atoms with van der Waals surface area (Å²) in [6, 6.07) is 5.49. The fourth-order valence-electron chi connectivity index (χ4n) is 2.26. The normalized spacial score (nSPS) is 11.0. The van der Waals surface area contributed by atoms with Crippen molar-refractivity contribution in [3.63, 3.8) is 0 Å². The molecule has 3 rings (SSSR count). The molecule has 0 aliphatic carbocycles. The van der Waals surface area contributed by atoms with E-state index < -0.39 is 29.9 Å². The summed E-state index contributed by atoms with van der Waals surface area (Å²) in [4.78, 5) is 0. The SMILES string of the molecule is OCc1c(-c2ccc(F)cc2F)noc1-c1cc(F)cc(F)c1. The Hall–Kier alpha value is -2.67. The van der Waals surface area contributed by atoms with Gasteiger partial charge in [0.05, 0.1) is 12.2 Å². The first-order chi connectivity index (χ1) is 11.0. The third kappa shape index (κ3) is 2.83. The molecule has 1 N–H and O–H groups in total. The molecule has 0 spiro atoms. The molecule has 2 aromatic carbocycles. The Morgan fingerprint density at radius 1 is 0.913 bits per heavy atom. The van der Waals surface area contributed by atoms with Crippen LogP contribution in [0, 0.1) is 23.3 Å². The molecule has 0 saturated heterocycles. The average Bonchev–Trinajstić information content (AvgIpc) is 2.89. The summed E-state index contributed by atoms with van der Waals surface area (Å²) in [5, 5.41) is 13.2. The lowest BCUT2D eigenvalue weighted by atomic mass is 10.0. The highest BCUT2D eigenvalue weighted by Gasteiger charge is 2.21. The largest absolute Gasteiger partial charge is 0.391 e. The molecular weight excluding hydrogens is 314 g/mol. The van der Waals surface area contributed by atoms with Gasteiger partial charge in [-0.1, -0.05) is 5.16 Å². The summed E-state index contributed by atoms with van der Waals surface area (Å²) in [5.74, 6) is -3.44. The lowest BCUT2D eigenvalue weighted by Gasteiger charge is -2.03. The number of halogens is 4. The van der Waals surface area contributed by atoms with E-state index in [1.807, 2.05) is 0 Å². The van der Waals surface area contributed by atoms with Crippen molar-refractivity contribution in [3.8, 4) is 22.6 Å². The van der Waals surface area contributed by atoms with Crippen LogP contribution < -0.4 is 0 Å². The van der Waals surface area contributed by atoms with Crippen molar-refractivity contribution in [2.24, 2.45) is 0 Å². The summed E-state index contributed by atoms with van der Waals surface area (Å²) in [6.45, 7) is -0.608. The minimum atomic E-state index is -0.898. The molecule has 0 aliphatic heterocycles. The molecule has 0 atom stereocenters. The molecule has 0 radical (unpaired) electrons. The number of aromatic nitrogens is 1. The van der Waals surface area contributed by atoms with Crippen LogP contribution >= 0.6 is 0 Å². The van der Waals surface area contributed by atoms with Crippen molar-refractivity contribution in [1.29, 1.82) is 0 Å². The van der Waals surface area contributed by atoms with E-state index in [4.69, 9.17) is 4.52 Å². The Morgan fingerprint density at radius 2 is 1.61 bits per heavy atom. The van der Waals surface area contributed by atoms with Crippen LogP contribution in [0.1, 0.15) is 5.56 Å². The Labute approximate surface area is 127 Å². The van der Waals surface area contributed by atoms with Gasteiger partial charge in [0.2, 0.25) is 0 Å². The van der Waals surface area contributed by atoms with Crippen molar-refractivity contribution in [2.75, 3.05) is 0 Å². The van der Waals surface area contributed by atoms with Gasteiger partial charge in [-0.3, -0.25) is 0 Å². The lowest BCUT2D eigenvalue weighted by molar-refractivity contribution is 0.281. The Kier molecular flexibility index (Phi) is 3.87. The zero-order chi connectivity index (χ0) is 16.6. The number of hydrogen-bond acceptors (Lipinski definition) is 3. The third-order valence-electron chi connectivity index (χ3n) is 3.26. The summed E-state index contributed by atoms with van der Waals surface area (Å²) in [6.07, 6.45) is 0.